The molecule has 0 spiro atoms. The van der Waals surface area contributed by atoms with Gasteiger partial charge in [0.25, 0.3) is 0 Å². The Balaban J connectivity index is 1.70. The highest BCUT2D eigenvalue weighted by Gasteiger charge is 2.30. The van der Waals surface area contributed by atoms with Crippen LogP contribution in [-0.4, -0.2) is 27.3 Å². The number of fused-ring (bicyclic) bond motifs is 1. The van der Waals surface area contributed by atoms with E-state index in [1.807, 2.05) is 28.9 Å². The van der Waals surface area contributed by atoms with Gasteiger partial charge in [-0.15, -0.1) is 0 Å². The average Bonchev–Trinajstić information content (AvgIpc) is 3.09. The molecule has 2 aromatic carbocycles. The fourth-order valence-corrected chi connectivity index (χ4v) is 3.50. The zero-order chi connectivity index (χ0) is 16.5. The minimum Gasteiger partial charge on any atom is -0.497 e. The lowest BCUT2D eigenvalue weighted by Gasteiger charge is -2.31. The Kier molecular flexibility index (Phi) is 3.93. The number of hydrogen-bond acceptors (Lipinski definition) is 5. The molecule has 4 rings (SSSR count). The second-order valence-electron chi connectivity index (χ2n) is 5.72. The van der Waals surface area contributed by atoms with Crippen molar-refractivity contribution in [2.45, 2.75) is 18.5 Å². The van der Waals surface area contributed by atoms with Crippen molar-refractivity contribution >= 4 is 21.9 Å². The second kappa shape index (κ2) is 6.24. The Labute approximate surface area is 148 Å². The second-order valence-corrected chi connectivity index (χ2v) is 6.64. The van der Waals surface area contributed by atoms with Gasteiger partial charge < -0.3 is 10.1 Å². The summed E-state index contributed by atoms with van der Waals surface area (Å²) in [6, 6.07) is 16.6. The standard InChI is InChI=1S/C17H16BrN5O/c1-24-14-7-5-11(6-8-14)16-10-15(12-3-2-4-13(18)9-12)19-17-20-21-22-23(16)17/h2-9,15-16H,10H2,1H3,(H,19,20,22)/t15-,16+/m0/s1. The van der Waals surface area contributed by atoms with Crippen LogP contribution in [-0.2, 0) is 0 Å². The van der Waals surface area contributed by atoms with Crippen LogP contribution in [0, 0.1) is 0 Å². The molecule has 0 amide bonds. The van der Waals surface area contributed by atoms with Crippen molar-refractivity contribution in [2.24, 2.45) is 0 Å². The van der Waals surface area contributed by atoms with Crippen LogP contribution in [0.5, 0.6) is 5.75 Å². The summed E-state index contributed by atoms with van der Waals surface area (Å²) in [5.74, 6) is 1.53. The molecule has 0 saturated carbocycles. The SMILES string of the molecule is COc1ccc([C@H]2C[C@@H](c3cccc(Br)c3)Nc3nnnn32)cc1. The maximum atomic E-state index is 5.25. The fourth-order valence-electron chi connectivity index (χ4n) is 3.08. The van der Waals surface area contributed by atoms with E-state index in [1.165, 1.54) is 5.56 Å². The number of methoxy groups -OCH3 is 1. The molecule has 0 aliphatic carbocycles. The van der Waals surface area contributed by atoms with Gasteiger partial charge in [0.2, 0.25) is 5.95 Å². The number of nitrogens with zero attached hydrogens (tertiary/aromatic N) is 4. The van der Waals surface area contributed by atoms with Gasteiger partial charge in [-0.1, -0.05) is 45.3 Å². The maximum absolute atomic E-state index is 5.25. The summed E-state index contributed by atoms with van der Waals surface area (Å²) < 4.78 is 8.16. The predicted octanol–water partition coefficient (Wildman–Crippen LogP) is 3.59. The number of halogens is 1. The van der Waals surface area contributed by atoms with Crippen LogP contribution < -0.4 is 10.1 Å². The fraction of sp³-hybridized carbons (Fsp3) is 0.235. The third-order valence-electron chi connectivity index (χ3n) is 4.30. The molecule has 2 heterocycles. The molecule has 0 radical (unpaired) electrons. The summed E-state index contributed by atoms with van der Waals surface area (Å²) >= 11 is 3.54. The molecule has 3 aromatic rings. The molecular weight excluding hydrogens is 370 g/mol. The molecule has 2 atom stereocenters. The van der Waals surface area contributed by atoms with Crippen molar-refractivity contribution in [3.8, 4) is 5.75 Å². The normalized spacial score (nSPS) is 19.4. The Morgan fingerprint density at radius 1 is 1.17 bits per heavy atom. The average molecular weight is 386 g/mol. The first-order chi connectivity index (χ1) is 11.7. The maximum Gasteiger partial charge on any atom is 0.243 e. The van der Waals surface area contributed by atoms with Crippen molar-refractivity contribution in [1.82, 2.24) is 20.2 Å². The summed E-state index contributed by atoms with van der Waals surface area (Å²) in [6.07, 6.45) is 0.862. The van der Waals surface area contributed by atoms with E-state index in [0.717, 1.165) is 22.2 Å². The highest BCUT2D eigenvalue weighted by Crippen LogP contribution is 2.37. The monoisotopic (exact) mass is 385 g/mol. The topological polar surface area (TPSA) is 64.9 Å². The van der Waals surface area contributed by atoms with Crippen LogP contribution in [0.15, 0.2) is 53.0 Å². The van der Waals surface area contributed by atoms with Gasteiger partial charge in [0.05, 0.1) is 19.2 Å². The Hall–Kier alpha value is -2.41. The molecule has 0 saturated heterocycles. The third kappa shape index (κ3) is 2.75. The molecule has 6 nitrogen and oxygen atoms in total. The molecule has 7 heteroatoms. The molecule has 0 fully saturated rings. The van der Waals surface area contributed by atoms with Crippen molar-refractivity contribution in [3.05, 3.63) is 64.1 Å². The number of anilines is 1. The number of ether oxygens (including phenoxy) is 1. The van der Waals surface area contributed by atoms with E-state index in [-0.39, 0.29) is 12.1 Å². The quantitative estimate of drug-likeness (QED) is 0.745. The number of aromatic nitrogens is 4. The zero-order valence-electron chi connectivity index (χ0n) is 13.1. The molecular formula is C17H16BrN5O. The molecule has 0 bridgehead atoms. The van der Waals surface area contributed by atoms with Crippen LogP contribution in [0.4, 0.5) is 5.95 Å². The first-order valence-corrected chi connectivity index (χ1v) is 8.48. The Morgan fingerprint density at radius 2 is 2.00 bits per heavy atom. The van der Waals surface area contributed by atoms with Crippen LogP contribution in [0.2, 0.25) is 0 Å². The number of hydrogen-bond donors (Lipinski definition) is 1. The van der Waals surface area contributed by atoms with E-state index in [1.54, 1.807) is 7.11 Å². The molecule has 1 N–H and O–H groups in total. The first kappa shape index (κ1) is 15.1. The summed E-state index contributed by atoms with van der Waals surface area (Å²) in [4.78, 5) is 0. The Bertz CT molecular complexity index is 848. The van der Waals surface area contributed by atoms with Crippen molar-refractivity contribution < 1.29 is 4.74 Å². The molecule has 1 aliphatic rings. The number of nitrogens with one attached hydrogen (secondary N) is 1. The van der Waals surface area contributed by atoms with E-state index < -0.39 is 0 Å². The van der Waals surface area contributed by atoms with Crippen molar-refractivity contribution in [3.63, 3.8) is 0 Å². The van der Waals surface area contributed by atoms with Gasteiger partial charge in [-0.3, -0.25) is 0 Å². The molecule has 1 aromatic heterocycles. The summed E-state index contributed by atoms with van der Waals surface area (Å²) in [6.45, 7) is 0. The zero-order valence-corrected chi connectivity index (χ0v) is 14.6. The van der Waals surface area contributed by atoms with Gasteiger partial charge in [0.15, 0.2) is 0 Å². The highest BCUT2D eigenvalue weighted by atomic mass is 79.9. The molecule has 122 valence electrons. The summed E-state index contributed by atoms with van der Waals surface area (Å²) in [5.41, 5.74) is 2.36. The molecule has 24 heavy (non-hydrogen) atoms. The van der Waals surface area contributed by atoms with Gasteiger partial charge in [0.1, 0.15) is 5.75 Å². The highest BCUT2D eigenvalue weighted by molar-refractivity contribution is 9.10. The minimum absolute atomic E-state index is 0.0751. The summed E-state index contributed by atoms with van der Waals surface area (Å²) in [7, 11) is 1.67. The van der Waals surface area contributed by atoms with Gasteiger partial charge in [-0.05, 0) is 52.2 Å². The largest absolute Gasteiger partial charge is 0.497 e. The van der Waals surface area contributed by atoms with E-state index in [2.05, 4.69) is 61.0 Å². The number of tetrazole rings is 1. The van der Waals surface area contributed by atoms with Crippen molar-refractivity contribution in [2.75, 3.05) is 12.4 Å². The van der Waals surface area contributed by atoms with Gasteiger partial charge in [-0.25, -0.2) is 4.68 Å². The molecule has 1 aliphatic heterocycles. The predicted molar refractivity (Wildman–Crippen MR) is 94.1 cm³/mol. The molecule has 0 unspecified atom stereocenters. The van der Waals surface area contributed by atoms with Gasteiger partial charge >= 0.3 is 0 Å². The van der Waals surface area contributed by atoms with E-state index in [9.17, 15) is 0 Å². The van der Waals surface area contributed by atoms with Crippen molar-refractivity contribution in [1.29, 1.82) is 0 Å². The van der Waals surface area contributed by atoms with E-state index in [4.69, 9.17) is 4.74 Å². The Morgan fingerprint density at radius 3 is 2.75 bits per heavy atom. The summed E-state index contributed by atoms with van der Waals surface area (Å²) in [5, 5.41) is 15.5. The van der Waals surface area contributed by atoms with Crippen LogP contribution in [0.3, 0.4) is 0 Å². The van der Waals surface area contributed by atoms with E-state index >= 15 is 0 Å². The lowest BCUT2D eigenvalue weighted by atomic mass is 9.93. The van der Waals surface area contributed by atoms with Gasteiger partial charge in [-0.2, -0.15) is 0 Å². The van der Waals surface area contributed by atoms with Gasteiger partial charge in [0, 0.05) is 4.47 Å². The number of rotatable bonds is 3. The third-order valence-corrected chi connectivity index (χ3v) is 4.80. The van der Waals surface area contributed by atoms with E-state index in [0.29, 0.717) is 5.95 Å². The van der Waals surface area contributed by atoms with Crippen LogP contribution >= 0.6 is 15.9 Å². The first-order valence-electron chi connectivity index (χ1n) is 7.68. The minimum atomic E-state index is 0.0751. The lowest BCUT2D eigenvalue weighted by Crippen LogP contribution is -2.28. The number of benzene rings is 2. The smallest absolute Gasteiger partial charge is 0.243 e. The van der Waals surface area contributed by atoms with Crippen LogP contribution in [0.1, 0.15) is 29.6 Å². The van der Waals surface area contributed by atoms with Crippen LogP contribution in [0.25, 0.3) is 0 Å². The lowest BCUT2D eigenvalue weighted by molar-refractivity contribution is 0.410.